The summed E-state index contributed by atoms with van der Waals surface area (Å²) < 4.78 is 17.8. The maximum atomic E-state index is 14.8. The van der Waals surface area contributed by atoms with Crippen molar-refractivity contribution in [1.29, 1.82) is 0 Å². The van der Waals surface area contributed by atoms with Gasteiger partial charge in [0.25, 0.3) is 0 Å². The lowest BCUT2D eigenvalue weighted by atomic mass is 9.83. The first kappa shape index (κ1) is 73.3. The van der Waals surface area contributed by atoms with Crippen LogP contribution in [-0.2, 0) is 70.4 Å². The Balaban J connectivity index is 1.32. The lowest BCUT2D eigenvalue weighted by molar-refractivity contribution is -0.149. The minimum Gasteiger partial charge on any atom is -0.481 e. The third kappa shape index (κ3) is 21.0. The number of aliphatic carboxylic acids is 1. The highest BCUT2D eigenvalue weighted by Gasteiger charge is 2.44. The molecule has 2 saturated heterocycles. The molecule has 20 nitrogen and oxygen atoms in total. The number of Topliss-reactive ketones (excluding diaryl/α,β-unsaturated/α-hetero) is 3. The molecular formula is C66H100N6O14S. The van der Waals surface area contributed by atoms with Crippen molar-refractivity contribution in [3.8, 4) is 0 Å². The zero-order valence-electron chi connectivity index (χ0n) is 54.0. The first-order valence-electron chi connectivity index (χ1n) is 31.1. The van der Waals surface area contributed by atoms with Gasteiger partial charge < -0.3 is 44.7 Å². The number of carbonyl (C=O) groups is 10. The average Bonchev–Trinajstić information content (AvgIpc) is 2.99. The minimum absolute atomic E-state index is 0.0477. The SMILES string of the molecule is CC[C@H](C)[C@@H]([C@@H](CC(=O)N1CCC[C@H]1[C@H](OC)[C@@H](C)C(=O)C[C@@H](Cc1ccccc1)C(=O)O)OC)N(C)C(=O)[C@@H](CC(=O)[C@H](C(C)C)N(C)C(=O)OCc1ccc(NCC(=O)[C@@H](NC(=O)CCCCCN2C(=O)CC(SC)C2=O)C(C)C)cc1)C(C)C. The van der Waals surface area contributed by atoms with E-state index in [4.69, 9.17) is 14.2 Å². The number of carboxylic acid groups (broad SMARTS) is 1. The molecule has 6 amide bonds. The first-order valence-corrected chi connectivity index (χ1v) is 32.3. The van der Waals surface area contributed by atoms with Gasteiger partial charge in [0.05, 0.1) is 60.5 Å². The summed E-state index contributed by atoms with van der Waals surface area (Å²) in [5, 5.41) is 15.7. The average molecular weight is 1230 g/mol. The number of ether oxygens (including phenoxy) is 3. The van der Waals surface area contributed by atoms with Crippen LogP contribution < -0.4 is 10.6 Å². The minimum atomic E-state index is -1.06. The molecule has 2 fully saturated rings. The van der Waals surface area contributed by atoms with E-state index in [0.29, 0.717) is 62.9 Å². The summed E-state index contributed by atoms with van der Waals surface area (Å²) in [7, 11) is 6.20. The number of likely N-dealkylation sites (N-methyl/N-ethyl adjacent to an activating group) is 2. The summed E-state index contributed by atoms with van der Waals surface area (Å²) in [5.41, 5.74) is 2.10. The van der Waals surface area contributed by atoms with Gasteiger partial charge in [0.2, 0.25) is 29.5 Å². The van der Waals surface area contributed by atoms with Crippen LogP contribution in [0.1, 0.15) is 144 Å². The number of nitrogens with zero attached hydrogens (tertiary/aromatic N) is 4. The summed E-state index contributed by atoms with van der Waals surface area (Å²) in [6, 6.07) is 13.5. The van der Waals surface area contributed by atoms with Crippen molar-refractivity contribution in [2.45, 2.75) is 188 Å². The summed E-state index contributed by atoms with van der Waals surface area (Å²) in [5.74, 6) is -6.26. The largest absolute Gasteiger partial charge is 0.481 e. The smallest absolute Gasteiger partial charge is 0.410 e. The molecule has 87 heavy (non-hydrogen) atoms. The predicted molar refractivity (Wildman–Crippen MR) is 335 cm³/mol. The molecule has 21 heteroatoms. The second-order valence-corrected chi connectivity index (χ2v) is 25.8. The quantitative estimate of drug-likeness (QED) is 0.0421. The van der Waals surface area contributed by atoms with E-state index >= 15 is 0 Å². The molecule has 1 unspecified atom stereocenters. The molecule has 484 valence electrons. The summed E-state index contributed by atoms with van der Waals surface area (Å²) in [6.45, 7) is 17.4. The Morgan fingerprint density at radius 2 is 1.44 bits per heavy atom. The molecule has 0 aromatic heterocycles. The van der Waals surface area contributed by atoms with E-state index in [0.717, 1.165) is 5.56 Å². The number of benzene rings is 2. The van der Waals surface area contributed by atoms with Gasteiger partial charge in [-0.1, -0.05) is 118 Å². The number of carboxylic acids is 1. The normalized spacial score (nSPS) is 18.4. The summed E-state index contributed by atoms with van der Waals surface area (Å²) in [6.07, 6.45) is 3.57. The Morgan fingerprint density at radius 1 is 0.770 bits per heavy atom. The van der Waals surface area contributed by atoms with Crippen LogP contribution in [0.3, 0.4) is 0 Å². The lowest BCUT2D eigenvalue weighted by Crippen LogP contribution is -2.54. The number of likely N-dealkylation sites (tertiary alicyclic amines) is 2. The molecule has 11 atom stereocenters. The summed E-state index contributed by atoms with van der Waals surface area (Å²) >= 11 is 1.38. The predicted octanol–water partition coefficient (Wildman–Crippen LogP) is 8.51. The number of nitrogens with one attached hydrogen (secondary N) is 2. The van der Waals surface area contributed by atoms with Crippen molar-refractivity contribution in [2.24, 2.45) is 41.4 Å². The Hall–Kier alpha value is -6.19. The second kappa shape index (κ2) is 35.7. The molecule has 0 saturated carbocycles. The maximum Gasteiger partial charge on any atom is 0.410 e. The van der Waals surface area contributed by atoms with Crippen LogP contribution >= 0.6 is 11.8 Å². The van der Waals surface area contributed by atoms with Crippen LogP contribution in [0.15, 0.2) is 54.6 Å². The number of carbonyl (C=O) groups excluding carboxylic acids is 9. The maximum absolute atomic E-state index is 14.8. The van der Waals surface area contributed by atoms with Gasteiger partial charge in [-0.2, -0.15) is 11.8 Å². The van der Waals surface area contributed by atoms with Crippen molar-refractivity contribution < 1.29 is 67.3 Å². The number of rotatable bonds is 38. The Bertz CT molecular complexity index is 2620. The molecule has 3 N–H and O–H groups in total. The fourth-order valence-corrected chi connectivity index (χ4v) is 12.8. The van der Waals surface area contributed by atoms with E-state index in [1.807, 2.05) is 92.0 Å². The number of ketones is 3. The number of hydrogen-bond acceptors (Lipinski definition) is 15. The van der Waals surface area contributed by atoms with Crippen molar-refractivity contribution in [2.75, 3.05) is 59.5 Å². The number of methoxy groups -OCH3 is 2. The molecular weight excluding hydrogens is 1130 g/mol. The molecule has 2 heterocycles. The van der Waals surface area contributed by atoms with E-state index < -0.39 is 66.2 Å². The van der Waals surface area contributed by atoms with Crippen LogP contribution in [0.5, 0.6) is 0 Å². The van der Waals surface area contributed by atoms with Gasteiger partial charge in [-0.05, 0) is 85.3 Å². The van der Waals surface area contributed by atoms with Gasteiger partial charge in [-0.15, -0.1) is 0 Å². The number of anilines is 1. The highest BCUT2D eigenvalue weighted by molar-refractivity contribution is 8.00. The van der Waals surface area contributed by atoms with Crippen LogP contribution in [0.4, 0.5) is 10.5 Å². The fourth-order valence-electron chi connectivity index (χ4n) is 12.2. The molecule has 0 spiro atoms. The number of imide groups is 1. The van der Waals surface area contributed by atoms with Crippen molar-refractivity contribution in [3.05, 3.63) is 65.7 Å². The van der Waals surface area contributed by atoms with Crippen LogP contribution in [-0.4, -0.2) is 179 Å². The van der Waals surface area contributed by atoms with E-state index in [1.54, 1.807) is 48.0 Å². The van der Waals surface area contributed by atoms with Crippen LogP contribution in [0.2, 0.25) is 0 Å². The molecule has 0 aliphatic carbocycles. The third-order valence-electron chi connectivity index (χ3n) is 17.6. The molecule has 2 aliphatic rings. The number of unbranched alkanes of at least 4 members (excludes halogenated alkanes) is 2. The van der Waals surface area contributed by atoms with Gasteiger partial charge in [-0.25, -0.2) is 4.79 Å². The van der Waals surface area contributed by atoms with Crippen molar-refractivity contribution in [3.63, 3.8) is 0 Å². The van der Waals surface area contributed by atoms with E-state index in [-0.39, 0.29) is 127 Å². The third-order valence-corrected chi connectivity index (χ3v) is 18.5. The van der Waals surface area contributed by atoms with Gasteiger partial charge in [-0.3, -0.25) is 48.1 Å². The fraction of sp³-hybridized carbons (Fsp3) is 0.667. The van der Waals surface area contributed by atoms with Crippen LogP contribution in [0.25, 0.3) is 0 Å². The van der Waals surface area contributed by atoms with E-state index in [9.17, 15) is 53.1 Å². The Labute approximate surface area is 520 Å². The van der Waals surface area contributed by atoms with Gasteiger partial charge >= 0.3 is 12.1 Å². The topological polar surface area (TPSA) is 256 Å². The van der Waals surface area contributed by atoms with Crippen molar-refractivity contribution >= 4 is 76.4 Å². The Kier molecular flexibility index (Phi) is 30.1. The second-order valence-electron chi connectivity index (χ2n) is 24.8. The van der Waals surface area contributed by atoms with E-state index in [1.165, 1.54) is 42.8 Å². The zero-order chi connectivity index (χ0) is 64.8. The van der Waals surface area contributed by atoms with Crippen molar-refractivity contribution in [1.82, 2.24) is 24.9 Å². The first-order chi connectivity index (χ1) is 41.2. The molecule has 2 aliphatic heterocycles. The lowest BCUT2D eigenvalue weighted by Gasteiger charge is -2.41. The number of thioether (sulfide) groups is 1. The summed E-state index contributed by atoms with van der Waals surface area (Å²) in [4.78, 5) is 140. The highest BCUT2D eigenvalue weighted by atomic mass is 32.2. The van der Waals surface area contributed by atoms with E-state index in [2.05, 4.69) is 10.6 Å². The van der Waals surface area contributed by atoms with Gasteiger partial charge in [0.15, 0.2) is 11.6 Å². The van der Waals surface area contributed by atoms with Gasteiger partial charge in [0.1, 0.15) is 12.4 Å². The molecule has 0 bridgehead atoms. The molecule has 4 rings (SSSR count). The zero-order valence-corrected chi connectivity index (χ0v) is 54.9. The van der Waals surface area contributed by atoms with Crippen LogP contribution in [0, 0.1) is 41.4 Å². The number of hydrogen-bond donors (Lipinski definition) is 3. The Morgan fingerprint density at radius 3 is 2.00 bits per heavy atom. The monoisotopic (exact) mass is 1230 g/mol. The highest BCUT2D eigenvalue weighted by Crippen LogP contribution is 2.33. The molecule has 2 aromatic rings. The number of amides is 6. The molecule has 0 radical (unpaired) electrons. The molecule has 2 aromatic carbocycles. The van der Waals surface area contributed by atoms with Gasteiger partial charge in [0, 0.05) is 84.6 Å². The standard InChI is InChI=1S/C66H100N6O14S/c1-15-43(8)61(54(84-12)36-57(77)71-32-22-25-50(71)62(85-13)44(9)51(73)34-47(65(81)82)33-45-23-18-16-19-24-45)69(10)63(79)49(40(2)3)35-52(74)60(42(6)7)70(11)66(83)86-39-46-27-29-48(30-28-46)67-38-53(75)59(41(4)5)68-56(76)26-20-17-21-31-72-58(78)37-55(87-14)64(72)80/h16,18-19,23-24,27-30,40-44,47,49-50,54-55,59-62,67H,15,17,20-22,25-26,31-39H2,1-14H3,(H,68,76)(H,81,82)/t43-,44-,47+,49-,50-,54+,55?,59-,60-,61-,62+/m0/s1.